The Bertz CT molecular complexity index is 454. The van der Waals surface area contributed by atoms with Gasteiger partial charge in [-0.1, -0.05) is 0 Å². The molecule has 1 aromatic rings. The van der Waals surface area contributed by atoms with E-state index < -0.39 is 16.1 Å². The lowest BCUT2D eigenvalue weighted by molar-refractivity contribution is 0.177. The Labute approximate surface area is 101 Å². The Morgan fingerprint density at radius 2 is 1.87 bits per heavy atom. The molecule has 82 valence electrons. The lowest BCUT2D eigenvalue weighted by Gasteiger charge is -2.05. The van der Waals surface area contributed by atoms with E-state index in [9.17, 15) is 13.2 Å². The molecule has 1 aromatic carbocycles. The van der Waals surface area contributed by atoms with Gasteiger partial charge in [0.15, 0.2) is 0 Å². The van der Waals surface area contributed by atoms with Gasteiger partial charge in [0, 0.05) is 3.57 Å². The molecule has 0 bridgehead atoms. The number of rotatable bonds is 2. The highest BCUT2D eigenvalue weighted by molar-refractivity contribution is 14.1. The molecule has 5 nitrogen and oxygen atoms in total. The second-order valence-electron chi connectivity index (χ2n) is 2.55. The predicted octanol–water partition coefficient (Wildman–Crippen LogP) is 1.34. The molecule has 1 N–H and O–H groups in total. The van der Waals surface area contributed by atoms with Crippen molar-refractivity contribution < 1.29 is 17.9 Å². The van der Waals surface area contributed by atoms with Gasteiger partial charge in [-0.3, -0.25) is 0 Å². The minimum atomic E-state index is -3.82. The first kappa shape index (κ1) is 12.2. The molecule has 0 radical (unpaired) electrons. The molecule has 0 heterocycles. The van der Waals surface area contributed by atoms with Gasteiger partial charge in [0.05, 0.1) is 12.0 Å². The third-order valence-corrected chi connectivity index (χ3v) is 3.57. The number of amides is 1. The molecule has 0 aliphatic heterocycles. The molecule has 0 spiro atoms. The second kappa shape index (κ2) is 4.79. The van der Waals surface area contributed by atoms with Gasteiger partial charge < -0.3 is 4.74 Å². The van der Waals surface area contributed by atoms with E-state index in [1.54, 1.807) is 16.9 Å². The highest BCUT2D eigenvalue weighted by Gasteiger charge is 2.17. The topological polar surface area (TPSA) is 72.5 Å². The van der Waals surface area contributed by atoms with Crippen LogP contribution in [-0.4, -0.2) is 21.6 Å². The van der Waals surface area contributed by atoms with Gasteiger partial charge in [-0.05, 0) is 46.9 Å². The van der Waals surface area contributed by atoms with Crippen molar-refractivity contribution in [1.82, 2.24) is 4.72 Å². The number of nitrogens with one attached hydrogen (secondary N) is 1. The average Bonchev–Trinajstić information content (AvgIpc) is 2.17. The van der Waals surface area contributed by atoms with Crippen LogP contribution in [0.15, 0.2) is 29.2 Å². The van der Waals surface area contributed by atoms with Crippen molar-refractivity contribution in [2.45, 2.75) is 4.90 Å². The summed E-state index contributed by atoms with van der Waals surface area (Å²) in [6.45, 7) is 0. The van der Waals surface area contributed by atoms with Crippen LogP contribution in [0.1, 0.15) is 0 Å². The summed E-state index contributed by atoms with van der Waals surface area (Å²) in [7, 11) is -2.72. The van der Waals surface area contributed by atoms with E-state index in [2.05, 4.69) is 27.3 Å². The molecule has 15 heavy (non-hydrogen) atoms. The number of carbonyl (C=O) groups is 1. The molecular weight excluding hydrogens is 333 g/mol. The Hall–Kier alpha value is -0.830. The van der Waals surface area contributed by atoms with Crippen molar-refractivity contribution in [1.29, 1.82) is 0 Å². The van der Waals surface area contributed by atoms with Gasteiger partial charge in [0.25, 0.3) is 10.0 Å². The fraction of sp³-hybridized carbons (Fsp3) is 0.125. The SMILES string of the molecule is COC(=O)NS(=O)(=O)c1ccc(I)cc1. The van der Waals surface area contributed by atoms with Crippen LogP contribution in [0.25, 0.3) is 0 Å². The summed E-state index contributed by atoms with van der Waals surface area (Å²) in [5, 5.41) is 0. The molecule has 0 aromatic heterocycles. The number of hydrogen-bond donors (Lipinski definition) is 1. The third-order valence-electron chi connectivity index (χ3n) is 1.53. The number of carbonyl (C=O) groups excluding carboxylic acids is 1. The molecule has 0 aliphatic carbocycles. The number of benzene rings is 1. The van der Waals surface area contributed by atoms with Gasteiger partial charge in [0.2, 0.25) is 0 Å². The molecule has 0 atom stereocenters. The second-order valence-corrected chi connectivity index (χ2v) is 5.48. The lowest BCUT2D eigenvalue weighted by Crippen LogP contribution is -2.30. The van der Waals surface area contributed by atoms with Crippen LogP contribution >= 0.6 is 22.6 Å². The Balaban J connectivity index is 2.96. The summed E-state index contributed by atoms with van der Waals surface area (Å²) in [6.07, 6.45) is -1.01. The normalized spacial score (nSPS) is 10.8. The van der Waals surface area contributed by atoms with Gasteiger partial charge in [-0.15, -0.1) is 0 Å². The summed E-state index contributed by atoms with van der Waals surface area (Å²) in [6, 6.07) is 6.08. The maximum absolute atomic E-state index is 11.5. The minimum absolute atomic E-state index is 0.0216. The number of methoxy groups -OCH3 is 1. The highest BCUT2D eigenvalue weighted by atomic mass is 127. The zero-order valence-corrected chi connectivity index (χ0v) is 10.7. The summed E-state index contributed by atoms with van der Waals surface area (Å²) < 4.78 is 29.9. The fourth-order valence-corrected chi connectivity index (χ4v) is 2.10. The largest absolute Gasteiger partial charge is 0.452 e. The monoisotopic (exact) mass is 341 g/mol. The van der Waals surface area contributed by atoms with Gasteiger partial charge in [0.1, 0.15) is 0 Å². The first-order valence-electron chi connectivity index (χ1n) is 3.82. The summed E-state index contributed by atoms with van der Waals surface area (Å²) >= 11 is 2.05. The van der Waals surface area contributed by atoms with E-state index in [0.29, 0.717) is 0 Å². The Morgan fingerprint density at radius 3 is 2.33 bits per heavy atom. The molecule has 1 amide bonds. The number of sulfonamides is 1. The van der Waals surface area contributed by atoms with Crippen molar-refractivity contribution in [2.24, 2.45) is 0 Å². The first-order valence-corrected chi connectivity index (χ1v) is 6.38. The highest BCUT2D eigenvalue weighted by Crippen LogP contribution is 2.11. The van der Waals surface area contributed by atoms with Crippen LogP contribution in [0.3, 0.4) is 0 Å². The number of hydrogen-bond acceptors (Lipinski definition) is 4. The minimum Gasteiger partial charge on any atom is -0.452 e. The molecule has 7 heteroatoms. The zero-order chi connectivity index (χ0) is 11.5. The zero-order valence-electron chi connectivity index (χ0n) is 7.73. The number of ether oxygens (including phenoxy) is 1. The van der Waals surface area contributed by atoms with E-state index >= 15 is 0 Å². The summed E-state index contributed by atoms with van der Waals surface area (Å²) in [5.41, 5.74) is 0. The van der Waals surface area contributed by atoms with Crippen LogP contribution in [-0.2, 0) is 14.8 Å². The van der Waals surface area contributed by atoms with E-state index in [1.807, 2.05) is 0 Å². The maximum Gasteiger partial charge on any atom is 0.420 e. The molecule has 0 aliphatic rings. The van der Waals surface area contributed by atoms with Crippen molar-refractivity contribution >= 4 is 38.7 Å². The number of halogens is 1. The van der Waals surface area contributed by atoms with E-state index in [4.69, 9.17) is 0 Å². The van der Waals surface area contributed by atoms with Gasteiger partial charge in [-0.25, -0.2) is 17.9 Å². The molecule has 0 unspecified atom stereocenters. The molecule has 1 rings (SSSR count). The molecular formula is C8H8INO4S. The molecule has 0 saturated heterocycles. The van der Waals surface area contributed by atoms with Crippen LogP contribution < -0.4 is 4.72 Å². The van der Waals surface area contributed by atoms with Crippen molar-refractivity contribution in [2.75, 3.05) is 7.11 Å². The van der Waals surface area contributed by atoms with E-state index in [0.717, 1.165) is 10.7 Å². The maximum atomic E-state index is 11.5. The Morgan fingerprint density at radius 1 is 1.33 bits per heavy atom. The average molecular weight is 341 g/mol. The molecule has 0 fully saturated rings. The van der Waals surface area contributed by atoms with Crippen LogP contribution in [0, 0.1) is 3.57 Å². The summed E-state index contributed by atoms with van der Waals surface area (Å²) in [5.74, 6) is 0. The van der Waals surface area contributed by atoms with E-state index in [-0.39, 0.29) is 4.90 Å². The van der Waals surface area contributed by atoms with Gasteiger partial charge in [-0.2, -0.15) is 0 Å². The summed E-state index contributed by atoms with van der Waals surface area (Å²) in [4.78, 5) is 10.8. The van der Waals surface area contributed by atoms with Crippen molar-refractivity contribution in [3.8, 4) is 0 Å². The van der Waals surface area contributed by atoms with Crippen molar-refractivity contribution in [3.63, 3.8) is 0 Å². The van der Waals surface area contributed by atoms with E-state index in [1.165, 1.54) is 12.1 Å². The quantitative estimate of drug-likeness (QED) is 0.824. The lowest BCUT2D eigenvalue weighted by atomic mass is 10.4. The first-order chi connectivity index (χ1) is 6.95. The van der Waals surface area contributed by atoms with Crippen molar-refractivity contribution in [3.05, 3.63) is 27.8 Å². The fourth-order valence-electron chi connectivity index (χ4n) is 0.824. The standard InChI is InChI=1S/C8H8INO4S/c1-14-8(11)10-15(12,13)7-4-2-6(9)3-5-7/h2-5H,1H3,(H,10,11). The van der Waals surface area contributed by atoms with Crippen LogP contribution in [0.5, 0.6) is 0 Å². The van der Waals surface area contributed by atoms with Gasteiger partial charge >= 0.3 is 6.09 Å². The predicted molar refractivity (Wildman–Crippen MR) is 61.9 cm³/mol. The third kappa shape index (κ3) is 3.34. The Kier molecular flexibility index (Phi) is 3.91. The van der Waals surface area contributed by atoms with Crippen LogP contribution in [0.2, 0.25) is 0 Å². The smallest absolute Gasteiger partial charge is 0.420 e. The van der Waals surface area contributed by atoms with Crippen LogP contribution in [0.4, 0.5) is 4.79 Å². The molecule has 0 saturated carbocycles.